The summed E-state index contributed by atoms with van der Waals surface area (Å²) >= 11 is 11.8. The van der Waals surface area contributed by atoms with Gasteiger partial charge in [-0.3, -0.25) is 4.79 Å². The molecule has 0 bridgehead atoms. The normalized spacial score (nSPS) is 11.5. The summed E-state index contributed by atoms with van der Waals surface area (Å²) in [6.07, 6.45) is 0. The van der Waals surface area contributed by atoms with Crippen molar-refractivity contribution in [3.63, 3.8) is 0 Å². The molecule has 0 heterocycles. The zero-order valence-corrected chi connectivity index (χ0v) is 13.3. The molecule has 0 radical (unpaired) electrons. The maximum Gasteiger partial charge on any atom is 0.242 e. The molecule has 0 aliphatic carbocycles. The van der Waals surface area contributed by atoms with Gasteiger partial charge in [0.15, 0.2) is 0 Å². The Balaban J connectivity index is 2.76. The molecule has 1 amide bonds. The van der Waals surface area contributed by atoms with E-state index in [2.05, 4.69) is 5.32 Å². The summed E-state index contributed by atoms with van der Waals surface area (Å²) in [6, 6.07) is 5.40. The molecule has 0 unspecified atom stereocenters. The van der Waals surface area contributed by atoms with Gasteiger partial charge in [0.1, 0.15) is 0 Å². The summed E-state index contributed by atoms with van der Waals surface area (Å²) in [6.45, 7) is 6.99. The first-order chi connectivity index (χ1) is 8.77. The number of amides is 1. The number of halogens is 2. The van der Waals surface area contributed by atoms with E-state index in [9.17, 15) is 4.79 Å². The lowest BCUT2D eigenvalue weighted by Gasteiger charge is -2.30. The Bertz CT molecular complexity index is 461. The van der Waals surface area contributed by atoms with E-state index in [1.807, 2.05) is 26.8 Å². The van der Waals surface area contributed by atoms with Crippen molar-refractivity contribution in [3.05, 3.63) is 33.8 Å². The average molecular weight is 303 g/mol. The first-order valence-electron chi connectivity index (χ1n) is 6.22. The molecule has 19 heavy (non-hydrogen) atoms. The van der Waals surface area contributed by atoms with Crippen LogP contribution in [0.2, 0.25) is 10.0 Å². The minimum atomic E-state index is -0.570. The standard InChI is InChI=1S/C14H20Cl2N2O/c1-5-17-14(2,3)13(19)18(4)9-10-6-7-11(15)12(16)8-10/h6-8,17H,5,9H2,1-4H3. The van der Waals surface area contributed by atoms with Crippen LogP contribution in [0.4, 0.5) is 0 Å². The van der Waals surface area contributed by atoms with Crippen molar-refractivity contribution < 1.29 is 4.79 Å². The highest BCUT2D eigenvalue weighted by atomic mass is 35.5. The van der Waals surface area contributed by atoms with Gasteiger partial charge in [0, 0.05) is 13.6 Å². The molecule has 0 saturated carbocycles. The van der Waals surface area contributed by atoms with Crippen molar-refractivity contribution in [2.24, 2.45) is 0 Å². The van der Waals surface area contributed by atoms with E-state index < -0.39 is 5.54 Å². The van der Waals surface area contributed by atoms with Crippen molar-refractivity contribution >= 4 is 29.1 Å². The highest BCUT2D eigenvalue weighted by Crippen LogP contribution is 2.23. The number of hydrogen-bond acceptors (Lipinski definition) is 2. The van der Waals surface area contributed by atoms with Crippen LogP contribution in [0.15, 0.2) is 18.2 Å². The lowest BCUT2D eigenvalue weighted by Crippen LogP contribution is -2.52. The molecule has 1 rings (SSSR count). The smallest absolute Gasteiger partial charge is 0.242 e. The molecule has 106 valence electrons. The maximum absolute atomic E-state index is 12.3. The Morgan fingerprint density at radius 3 is 2.47 bits per heavy atom. The predicted octanol–water partition coefficient (Wildman–Crippen LogP) is 3.34. The van der Waals surface area contributed by atoms with E-state index in [1.54, 1.807) is 24.1 Å². The molecule has 0 fully saturated rings. The number of likely N-dealkylation sites (N-methyl/N-ethyl adjacent to an activating group) is 2. The van der Waals surface area contributed by atoms with Crippen LogP contribution in [0.3, 0.4) is 0 Å². The Kier molecular flexibility index (Phi) is 5.65. The number of carbonyl (C=O) groups excluding carboxylic acids is 1. The quantitative estimate of drug-likeness (QED) is 0.905. The number of rotatable bonds is 5. The average Bonchev–Trinajstić information content (AvgIpc) is 2.32. The minimum absolute atomic E-state index is 0.0421. The van der Waals surface area contributed by atoms with Crippen LogP contribution in [-0.4, -0.2) is 29.9 Å². The van der Waals surface area contributed by atoms with Gasteiger partial charge in [0.2, 0.25) is 5.91 Å². The summed E-state index contributed by atoms with van der Waals surface area (Å²) in [7, 11) is 1.78. The van der Waals surface area contributed by atoms with Crippen molar-refractivity contribution in [2.75, 3.05) is 13.6 Å². The molecule has 1 aromatic rings. The van der Waals surface area contributed by atoms with Crippen molar-refractivity contribution in [1.82, 2.24) is 10.2 Å². The van der Waals surface area contributed by atoms with Crippen LogP contribution in [0, 0.1) is 0 Å². The van der Waals surface area contributed by atoms with Gasteiger partial charge < -0.3 is 10.2 Å². The van der Waals surface area contributed by atoms with Gasteiger partial charge in [-0.25, -0.2) is 0 Å². The van der Waals surface area contributed by atoms with Gasteiger partial charge in [0.05, 0.1) is 15.6 Å². The SMILES string of the molecule is CCNC(C)(C)C(=O)N(C)Cc1ccc(Cl)c(Cl)c1. The van der Waals surface area contributed by atoms with Crippen LogP contribution in [0.1, 0.15) is 26.3 Å². The molecule has 0 aliphatic heterocycles. The van der Waals surface area contributed by atoms with Gasteiger partial charge in [-0.1, -0.05) is 36.2 Å². The first-order valence-corrected chi connectivity index (χ1v) is 6.98. The Morgan fingerprint density at radius 1 is 1.32 bits per heavy atom. The zero-order valence-electron chi connectivity index (χ0n) is 11.8. The predicted molar refractivity (Wildman–Crippen MR) is 80.7 cm³/mol. The van der Waals surface area contributed by atoms with E-state index in [4.69, 9.17) is 23.2 Å². The summed E-state index contributed by atoms with van der Waals surface area (Å²) in [5.41, 5.74) is 0.386. The highest BCUT2D eigenvalue weighted by molar-refractivity contribution is 6.42. The molecule has 0 aliphatic rings. The lowest BCUT2D eigenvalue weighted by molar-refractivity contribution is -0.136. The Hall–Kier alpha value is -0.770. The molecule has 0 aromatic heterocycles. The third-order valence-corrected chi connectivity index (χ3v) is 3.64. The second-order valence-corrected chi connectivity index (χ2v) is 5.88. The fraction of sp³-hybridized carbons (Fsp3) is 0.500. The van der Waals surface area contributed by atoms with E-state index in [1.165, 1.54) is 0 Å². The second-order valence-electron chi connectivity index (χ2n) is 5.07. The van der Waals surface area contributed by atoms with Gasteiger partial charge >= 0.3 is 0 Å². The topological polar surface area (TPSA) is 32.3 Å². The lowest BCUT2D eigenvalue weighted by atomic mass is 10.0. The van der Waals surface area contributed by atoms with E-state index in [0.717, 1.165) is 12.1 Å². The molecular weight excluding hydrogens is 283 g/mol. The second kappa shape index (κ2) is 6.60. The van der Waals surface area contributed by atoms with E-state index in [0.29, 0.717) is 16.6 Å². The zero-order chi connectivity index (χ0) is 14.6. The number of nitrogens with one attached hydrogen (secondary N) is 1. The van der Waals surface area contributed by atoms with Gasteiger partial charge in [-0.05, 0) is 38.1 Å². The van der Waals surface area contributed by atoms with Crippen LogP contribution in [-0.2, 0) is 11.3 Å². The molecular formula is C14H20Cl2N2O. The summed E-state index contributed by atoms with van der Waals surface area (Å²) in [5, 5.41) is 4.20. The van der Waals surface area contributed by atoms with E-state index in [-0.39, 0.29) is 5.91 Å². The third kappa shape index (κ3) is 4.37. The molecule has 5 heteroatoms. The fourth-order valence-electron chi connectivity index (χ4n) is 1.98. The van der Waals surface area contributed by atoms with Crippen LogP contribution < -0.4 is 5.32 Å². The molecule has 1 N–H and O–H groups in total. The molecule has 1 aromatic carbocycles. The summed E-state index contributed by atoms with van der Waals surface area (Å²) < 4.78 is 0. The molecule has 0 atom stereocenters. The van der Waals surface area contributed by atoms with Crippen LogP contribution in [0.25, 0.3) is 0 Å². The molecule has 0 saturated heterocycles. The van der Waals surface area contributed by atoms with Crippen LogP contribution >= 0.6 is 23.2 Å². The first kappa shape index (κ1) is 16.3. The minimum Gasteiger partial charge on any atom is -0.340 e. The van der Waals surface area contributed by atoms with Gasteiger partial charge in [-0.15, -0.1) is 0 Å². The summed E-state index contributed by atoms with van der Waals surface area (Å²) in [4.78, 5) is 14.0. The highest BCUT2D eigenvalue weighted by Gasteiger charge is 2.29. The molecule has 0 spiro atoms. The number of nitrogens with zero attached hydrogens (tertiary/aromatic N) is 1. The van der Waals surface area contributed by atoms with Crippen molar-refractivity contribution in [1.29, 1.82) is 0 Å². The number of benzene rings is 1. The largest absolute Gasteiger partial charge is 0.340 e. The Morgan fingerprint density at radius 2 is 1.95 bits per heavy atom. The number of carbonyl (C=O) groups is 1. The molecule has 3 nitrogen and oxygen atoms in total. The summed E-state index contributed by atoms with van der Waals surface area (Å²) in [5.74, 6) is 0.0421. The van der Waals surface area contributed by atoms with Gasteiger partial charge in [-0.2, -0.15) is 0 Å². The van der Waals surface area contributed by atoms with Gasteiger partial charge in [0.25, 0.3) is 0 Å². The van der Waals surface area contributed by atoms with E-state index >= 15 is 0 Å². The maximum atomic E-state index is 12.3. The fourth-order valence-corrected chi connectivity index (χ4v) is 2.30. The van der Waals surface area contributed by atoms with Crippen molar-refractivity contribution in [2.45, 2.75) is 32.9 Å². The van der Waals surface area contributed by atoms with Crippen molar-refractivity contribution in [3.8, 4) is 0 Å². The number of hydrogen-bond donors (Lipinski definition) is 1. The third-order valence-electron chi connectivity index (χ3n) is 2.90. The van der Waals surface area contributed by atoms with Crippen LogP contribution in [0.5, 0.6) is 0 Å². The monoisotopic (exact) mass is 302 g/mol. The Labute approximate surface area is 124 Å².